The number of benzene rings is 1. The van der Waals surface area contributed by atoms with Crippen LogP contribution in [0.2, 0.25) is 0 Å². The summed E-state index contributed by atoms with van der Waals surface area (Å²) in [7, 11) is 1.25. The quantitative estimate of drug-likeness (QED) is 0.865. The summed E-state index contributed by atoms with van der Waals surface area (Å²) in [5.74, 6) is -1.24. The number of amides is 1. The molecule has 0 spiro atoms. The van der Waals surface area contributed by atoms with Gasteiger partial charge in [0.15, 0.2) is 0 Å². The summed E-state index contributed by atoms with van der Waals surface area (Å²) in [4.78, 5) is 23.0. The van der Waals surface area contributed by atoms with Gasteiger partial charge in [0, 0.05) is 4.70 Å². The summed E-state index contributed by atoms with van der Waals surface area (Å²) in [5.41, 5.74) is 0. The van der Waals surface area contributed by atoms with Crippen molar-refractivity contribution in [3.8, 4) is 0 Å². The summed E-state index contributed by atoms with van der Waals surface area (Å²) < 4.78 is 18.2. The number of fused-ring (bicyclic) bond motifs is 1. The molecule has 1 aromatic heterocycles. The van der Waals surface area contributed by atoms with Crippen LogP contribution in [-0.2, 0) is 9.53 Å². The maximum atomic E-state index is 13.0. The summed E-state index contributed by atoms with van der Waals surface area (Å²) in [6.07, 6.45) is 0. The van der Waals surface area contributed by atoms with E-state index in [1.54, 1.807) is 12.1 Å². The summed E-state index contributed by atoms with van der Waals surface area (Å²) in [6, 6.07) is 5.92. The third-order valence-corrected chi connectivity index (χ3v) is 3.44. The first-order chi connectivity index (χ1) is 8.60. The Morgan fingerprint density at radius 1 is 1.39 bits per heavy atom. The standard InChI is InChI=1S/C12H10FNO3S/c1-17-11(15)6-14-12(16)10-5-7-4-8(13)2-3-9(7)18-10/h2-5H,6H2,1H3,(H,14,16). The monoisotopic (exact) mass is 267 g/mol. The minimum absolute atomic E-state index is 0.183. The molecule has 0 aliphatic rings. The maximum absolute atomic E-state index is 13.0. The van der Waals surface area contributed by atoms with Crippen LogP contribution in [-0.4, -0.2) is 25.5 Å². The number of carbonyl (C=O) groups is 2. The highest BCUT2D eigenvalue weighted by Crippen LogP contribution is 2.26. The fraction of sp³-hybridized carbons (Fsp3) is 0.167. The fourth-order valence-corrected chi connectivity index (χ4v) is 2.40. The first-order valence-electron chi connectivity index (χ1n) is 5.14. The molecule has 0 aliphatic carbocycles. The Kier molecular flexibility index (Phi) is 3.57. The van der Waals surface area contributed by atoms with Gasteiger partial charge >= 0.3 is 5.97 Å². The lowest BCUT2D eigenvalue weighted by Crippen LogP contribution is -2.29. The predicted molar refractivity (Wildman–Crippen MR) is 66.1 cm³/mol. The van der Waals surface area contributed by atoms with Crippen LogP contribution in [0.5, 0.6) is 0 Å². The summed E-state index contributed by atoms with van der Waals surface area (Å²) in [5, 5.41) is 3.10. The van der Waals surface area contributed by atoms with Crippen molar-refractivity contribution in [2.75, 3.05) is 13.7 Å². The average molecular weight is 267 g/mol. The van der Waals surface area contributed by atoms with E-state index in [-0.39, 0.29) is 18.3 Å². The van der Waals surface area contributed by atoms with Gasteiger partial charge in [-0.3, -0.25) is 9.59 Å². The molecular weight excluding hydrogens is 257 g/mol. The van der Waals surface area contributed by atoms with Crippen LogP contribution in [0.15, 0.2) is 24.3 Å². The zero-order valence-electron chi connectivity index (χ0n) is 9.53. The molecule has 4 nitrogen and oxygen atoms in total. The lowest BCUT2D eigenvalue weighted by atomic mass is 10.2. The van der Waals surface area contributed by atoms with E-state index in [4.69, 9.17) is 0 Å². The molecule has 94 valence electrons. The van der Waals surface area contributed by atoms with E-state index >= 15 is 0 Å². The summed E-state index contributed by atoms with van der Waals surface area (Å²) in [6.45, 7) is -0.183. The topological polar surface area (TPSA) is 55.4 Å². The van der Waals surface area contributed by atoms with Gasteiger partial charge in [-0.15, -0.1) is 11.3 Å². The minimum atomic E-state index is -0.518. The third-order valence-electron chi connectivity index (χ3n) is 2.32. The molecule has 0 fully saturated rings. The number of ether oxygens (including phenoxy) is 1. The molecule has 1 aromatic carbocycles. The number of methoxy groups -OCH3 is 1. The van der Waals surface area contributed by atoms with Crippen molar-refractivity contribution >= 4 is 33.3 Å². The van der Waals surface area contributed by atoms with Crippen LogP contribution in [0.25, 0.3) is 10.1 Å². The second-order valence-electron chi connectivity index (χ2n) is 3.55. The SMILES string of the molecule is COC(=O)CNC(=O)c1cc2cc(F)ccc2s1. The Labute approximate surface area is 106 Å². The molecule has 1 amide bonds. The normalized spacial score (nSPS) is 10.3. The first kappa shape index (κ1) is 12.5. The van der Waals surface area contributed by atoms with Gasteiger partial charge in [-0.05, 0) is 29.7 Å². The average Bonchev–Trinajstić information content (AvgIpc) is 2.78. The van der Waals surface area contributed by atoms with E-state index in [1.165, 1.54) is 30.6 Å². The number of carbonyl (C=O) groups excluding carboxylic acids is 2. The maximum Gasteiger partial charge on any atom is 0.325 e. The Morgan fingerprint density at radius 3 is 2.89 bits per heavy atom. The molecule has 1 heterocycles. The van der Waals surface area contributed by atoms with Crippen LogP contribution in [0.1, 0.15) is 9.67 Å². The van der Waals surface area contributed by atoms with Crippen LogP contribution < -0.4 is 5.32 Å². The van der Waals surface area contributed by atoms with Crippen LogP contribution in [0.3, 0.4) is 0 Å². The van der Waals surface area contributed by atoms with Gasteiger partial charge in [0.2, 0.25) is 0 Å². The largest absolute Gasteiger partial charge is 0.468 e. The van der Waals surface area contributed by atoms with Gasteiger partial charge in [-0.25, -0.2) is 4.39 Å². The van der Waals surface area contributed by atoms with E-state index < -0.39 is 5.97 Å². The van der Waals surface area contributed by atoms with E-state index in [9.17, 15) is 14.0 Å². The van der Waals surface area contributed by atoms with E-state index in [1.807, 2.05) is 0 Å². The van der Waals surface area contributed by atoms with Crippen LogP contribution in [0.4, 0.5) is 4.39 Å². The Morgan fingerprint density at radius 2 is 2.17 bits per heavy atom. The molecule has 2 rings (SSSR count). The molecule has 0 atom stereocenters. The smallest absolute Gasteiger partial charge is 0.325 e. The lowest BCUT2D eigenvalue weighted by molar-refractivity contribution is -0.139. The highest BCUT2D eigenvalue weighted by molar-refractivity contribution is 7.20. The molecule has 0 radical (unpaired) electrons. The second-order valence-corrected chi connectivity index (χ2v) is 4.64. The molecule has 6 heteroatoms. The number of hydrogen-bond acceptors (Lipinski definition) is 4. The highest BCUT2D eigenvalue weighted by atomic mass is 32.1. The number of esters is 1. The van der Waals surface area contributed by atoms with E-state index in [2.05, 4.69) is 10.1 Å². The second kappa shape index (κ2) is 5.14. The van der Waals surface area contributed by atoms with E-state index in [0.29, 0.717) is 10.3 Å². The number of nitrogens with one attached hydrogen (secondary N) is 1. The number of rotatable bonds is 3. The Hall–Kier alpha value is -1.95. The van der Waals surface area contributed by atoms with Crippen molar-refractivity contribution in [2.24, 2.45) is 0 Å². The van der Waals surface area contributed by atoms with Crippen molar-refractivity contribution in [1.29, 1.82) is 0 Å². The van der Waals surface area contributed by atoms with Gasteiger partial charge in [0.1, 0.15) is 12.4 Å². The van der Waals surface area contributed by atoms with Crippen LogP contribution >= 0.6 is 11.3 Å². The minimum Gasteiger partial charge on any atom is -0.468 e. The molecule has 0 unspecified atom stereocenters. The molecule has 0 saturated carbocycles. The molecule has 0 bridgehead atoms. The molecule has 2 aromatic rings. The van der Waals surface area contributed by atoms with Crippen molar-refractivity contribution in [3.05, 3.63) is 35.0 Å². The molecule has 18 heavy (non-hydrogen) atoms. The van der Waals surface area contributed by atoms with Gasteiger partial charge < -0.3 is 10.1 Å². The zero-order valence-corrected chi connectivity index (χ0v) is 10.3. The molecule has 0 aliphatic heterocycles. The van der Waals surface area contributed by atoms with Gasteiger partial charge in [-0.1, -0.05) is 0 Å². The van der Waals surface area contributed by atoms with Gasteiger partial charge in [-0.2, -0.15) is 0 Å². The van der Waals surface area contributed by atoms with Crippen molar-refractivity contribution in [3.63, 3.8) is 0 Å². The van der Waals surface area contributed by atoms with Crippen molar-refractivity contribution in [2.45, 2.75) is 0 Å². The van der Waals surface area contributed by atoms with E-state index in [0.717, 1.165) is 4.70 Å². The molecular formula is C12H10FNO3S. The molecule has 1 N–H and O–H groups in total. The van der Waals surface area contributed by atoms with Crippen molar-refractivity contribution < 1.29 is 18.7 Å². The van der Waals surface area contributed by atoms with Crippen molar-refractivity contribution in [1.82, 2.24) is 5.32 Å². The Bertz CT molecular complexity index is 608. The van der Waals surface area contributed by atoms with Gasteiger partial charge in [0.05, 0.1) is 12.0 Å². The Balaban J connectivity index is 2.15. The number of hydrogen-bond donors (Lipinski definition) is 1. The zero-order chi connectivity index (χ0) is 13.1. The third kappa shape index (κ3) is 2.65. The predicted octanol–water partition coefficient (Wildman–Crippen LogP) is 1.94. The first-order valence-corrected chi connectivity index (χ1v) is 5.96. The summed E-state index contributed by atoms with van der Waals surface area (Å²) >= 11 is 1.24. The number of halogens is 1. The number of thiophene rings is 1. The lowest BCUT2D eigenvalue weighted by Gasteiger charge is -2.00. The molecule has 0 saturated heterocycles. The van der Waals surface area contributed by atoms with Gasteiger partial charge in [0.25, 0.3) is 5.91 Å². The van der Waals surface area contributed by atoms with Crippen LogP contribution in [0, 0.1) is 5.82 Å². The fourth-order valence-electron chi connectivity index (χ4n) is 1.44. The highest BCUT2D eigenvalue weighted by Gasteiger charge is 2.11.